The summed E-state index contributed by atoms with van der Waals surface area (Å²) >= 11 is 0. The number of nitrogens with one attached hydrogen (secondary N) is 2. The van der Waals surface area contributed by atoms with Crippen molar-refractivity contribution in [2.45, 2.75) is 32.0 Å². The molecule has 1 aliphatic rings. The van der Waals surface area contributed by atoms with E-state index < -0.39 is 11.8 Å². The molecule has 0 atom stereocenters. The lowest BCUT2D eigenvalue weighted by Crippen LogP contribution is -2.48. The predicted molar refractivity (Wildman–Crippen MR) is 108 cm³/mol. The first kappa shape index (κ1) is 19.9. The highest BCUT2D eigenvalue weighted by Gasteiger charge is 2.23. The Labute approximate surface area is 165 Å². The number of nitrogens with zero attached hydrogens (tertiary/aromatic N) is 1. The van der Waals surface area contributed by atoms with Gasteiger partial charge >= 0.3 is 11.8 Å². The molecule has 2 amide bonds. The zero-order valence-corrected chi connectivity index (χ0v) is 16.2. The van der Waals surface area contributed by atoms with Crippen molar-refractivity contribution >= 4 is 11.8 Å². The van der Waals surface area contributed by atoms with E-state index in [4.69, 9.17) is 4.74 Å². The van der Waals surface area contributed by atoms with Crippen LogP contribution in [0.1, 0.15) is 24.0 Å². The first-order valence-corrected chi connectivity index (χ1v) is 9.62. The molecule has 6 heteroatoms. The van der Waals surface area contributed by atoms with Crippen LogP contribution in [0.15, 0.2) is 54.6 Å². The monoisotopic (exact) mass is 381 g/mol. The fraction of sp³-hybridized carbons (Fsp3) is 0.364. The fourth-order valence-electron chi connectivity index (χ4n) is 3.43. The smallest absolute Gasteiger partial charge is 0.309 e. The summed E-state index contributed by atoms with van der Waals surface area (Å²) in [5.41, 5.74) is 2.13. The van der Waals surface area contributed by atoms with Gasteiger partial charge in [-0.1, -0.05) is 48.5 Å². The summed E-state index contributed by atoms with van der Waals surface area (Å²) in [5, 5.41) is 5.52. The van der Waals surface area contributed by atoms with Gasteiger partial charge in [0, 0.05) is 37.8 Å². The molecule has 2 aromatic rings. The van der Waals surface area contributed by atoms with Gasteiger partial charge in [-0.3, -0.25) is 14.5 Å². The number of piperidine rings is 1. The average Bonchev–Trinajstić information content (AvgIpc) is 2.74. The second-order valence-corrected chi connectivity index (χ2v) is 7.00. The van der Waals surface area contributed by atoms with Crippen molar-refractivity contribution in [1.29, 1.82) is 0 Å². The first-order chi connectivity index (χ1) is 13.7. The number of rotatable bonds is 6. The topological polar surface area (TPSA) is 70.7 Å². The van der Waals surface area contributed by atoms with E-state index in [0.717, 1.165) is 38.0 Å². The molecule has 1 aliphatic heterocycles. The van der Waals surface area contributed by atoms with Gasteiger partial charge in [-0.15, -0.1) is 0 Å². The van der Waals surface area contributed by atoms with Crippen molar-refractivity contribution < 1.29 is 14.3 Å². The number of hydrogen-bond donors (Lipinski definition) is 2. The van der Waals surface area contributed by atoms with Gasteiger partial charge in [-0.05, 0) is 24.5 Å². The summed E-state index contributed by atoms with van der Waals surface area (Å²) in [6.45, 7) is 2.98. The molecule has 2 N–H and O–H groups in total. The number of amides is 2. The van der Waals surface area contributed by atoms with Gasteiger partial charge < -0.3 is 15.4 Å². The highest BCUT2D eigenvalue weighted by molar-refractivity contribution is 6.35. The highest BCUT2D eigenvalue weighted by atomic mass is 16.5. The van der Waals surface area contributed by atoms with Crippen molar-refractivity contribution in [1.82, 2.24) is 15.5 Å². The van der Waals surface area contributed by atoms with Gasteiger partial charge in [0.1, 0.15) is 5.75 Å². The zero-order chi connectivity index (χ0) is 19.8. The molecule has 1 saturated heterocycles. The van der Waals surface area contributed by atoms with Crippen LogP contribution in [0.25, 0.3) is 0 Å². The van der Waals surface area contributed by atoms with Crippen LogP contribution in [0.2, 0.25) is 0 Å². The van der Waals surface area contributed by atoms with Gasteiger partial charge in [0.25, 0.3) is 0 Å². The maximum atomic E-state index is 12.2. The Morgan fingerprint density at radius 1 is 1.00 bits per heavy atom. The van der Waals surface area contributed by atoms with Crippen molar-refractivity contribution in [2.24, 2.45) is 0 Å². The number of carbonyl (C=O) groups excluding carboxylic acids is 2. The van der Waals surface area contributed by atoms with Gasteiger partial charge in [-0.25, -0.2) is 0 Å². The van der Waals surface area contributed by atoms with E-state index in [-0.39, 0.29) is 12.6 Å². The Balaban J connectivity index is 1.40. The molecule has 0 bridgehead atoms. The minimum atomic E-state index is -0.613. The number of para-hydroxylation sites is 1. The molecule has 1 heterocycles. The Morgan fingerprint density at radius 3 is 2.39 bits per heavy atom. The number of likely N-dealkylation sites (tertiary alicyclic amines) is 1. The molecule has 0 spiro atoms. The average molecular weight is 381 g/mol. The first-order valence-electron chi connectivity index (χ1n) is 9.62. The summed E-state index contributed by atoms with van der Waals surface area (Å²) in [6.07, 6.45) is 1.69. The maximum Gasteiger partial charge on any atom is 0.309 e. The predicted octanol–water partition coefficient (Wildman–Crippen LogP) is 2.09. The van der Waals surface area contributed by atoms with Crippen LogP contribution >= 0.6 is 0 Å². The van der Waals surface area contributed by atoms with Crippen LogP contribution in [0.5, 0.6) is 5.75 Å². The van der Waals surface area contributed by atoms with E-state index >= 15 is 0 Å². The van der Waals surface area contributed by atoms with Crippen molar-refractivity contribution in [3.05, 3.63) is 65.7 Å². The highest BCUT2D eigenvalue weighted by Crippen LogP contribution is 2.17. The number of ether oxygens (including phenoxy) is 1. The zero-order valence-electron chi connectivity index (χ0n) is 16.2. The van der Waals surface area contributed by atoms with Gasteiger partial charge in [0.05, 0.1) is 7.11 Å². The summed E-state index contributed by atoms with van der Waals surface area (Å²) in [5.74, 6) is -0.497. The molecule has 6 nitrogen and oxygen atoms in total. The Morgan fingerprint density at radius 2 is 1.68 bits per heavy atom. The summed E-state index contributed by atoms with van der Waals surface area (Å²) in [4.78, 5) is 26.7. The van der Waals surface area contributed by atoms with E-state index in [1.54, 1.807) is 7.11 Å². The standard InChI is InChI=1S/C22H27N3O3/c1-28-20-10-6-5-9-18(20)15-23-21(26)22(27)24-19-11-13-25(14-12-19)16-17-7-3-2-4-8-17/h2-10,19H,11-16H2,1H3,(H,23,26)(H,24,27). The number of hydrogen-bond acceptors (Lipinski definition) is 4. The molecule has 3 rings (SSSR count). The van der Waals surface area contributed by atoms with Crippen molar-refractivity contribution in [3.63, 3.8) is 0 Å². The molecular formula is C22H27N3O3. The lowest BCUT2D eigenvalue weighted by molar-refractivity contribution is -0.139. The molecule has 2 aromatic carbocycles. The van der Waals surface area contributed by atoms with Crippen LogP contribution in [0, 0.1) is 0 Å². The third kappa shape index (κ3) is 5.57. The number of benzene rings is 2. The molecular weight excluding hydrogens is 354 g/mol. The van der Waals surface area contributed by atoms with Crippen LogP contribution in [-0.2, 0) is 22.7 Å². The minimum Gasteiger partial charge on any atom is -0.496 e. The van der Waals surface area contributed by atoms with Crippen molar-refractivity contribution in [2.75, 3.05) is 20.2 Å². The lowest BCUT2D eigenvalue weighted by Gasteiger charge is -2.32. The molecule has 28 heavy (non-hydrogen) atoms. The maximum absolute atomic E-state index is 12.2. The van der Waals surface area contributed by atoms with Gasteiger partial charge in [0.15, 0.2) is 0 Å². The second-order valence-electron chi connectivity index (χ2n) is 7.00. The third-order valence-corrected chi connectivity index (χ3v) is 5.01. The Kier molecular flexibility index (Phi) is 7.03. The molecule has 0 saturated carbocycles. The quantitative estimate of drug-likeness (QED) is 0.752. The third-order valence-electron chi connectivity index (χ3n) is 5.01. The molecule has 0 unspecified atom stereocenters. The summed E-state index contributed by atoms with van der Waals surface area (Å²) in [6, 6.07) is 17.8. The normalized spacial score (nSPS) is 15.0. The van der Waals surface area contributed by atoms with E-state index in [2.05, 4.69) is 27.7 Å². The van der Waals surface area contributed by atoms with Crippen LogP contribution in [-0.4, -0.2) is 43.0 Å². The van der Waals surface area contributed by atoms with Crippen LogP contribution < -0.4 is 15.4 Å². The Bertz CT molecular complexity index is 787. The van der Waals surface area contributed by atoms with Crippen LogP contribution in [0.4, 0.5) is 0 Å². The lowest BCUT2D eigenvalue weighted by atomic mass is 10.0. The van der Waals surface area contributed by atoms with Crippen molar-refractivity contribution in [3.8, 4) is 5.75 Å². The van der Waals surface area contributed by atoms with Crippen LogP contribution in [0.3, 0.4) is 0 Å². The summed E-state index contributed by atoms with van der Waals surface area (Å²) < 4.78 is 5.26. The molecule has 0 aromatic heterocycles. The molecule has 1 fully saturated rings. The second kappa shape index (κ2) is 9.90. The van der Waals surface area contributed by atoms with E-state index in [1.807, 2.05) is 42.5 Å². The SMILES string of the molecule is COc1ccccc1CNC(=O)C(=O)NC1CCN(Cc2ccccc2)CC1. The largest absolute Gasteiger partial charge is 0.496 e. The van der Waals surface area contributed by atoms with E-state index in [0.29, 0.717) is 5.75 Å². The van der Waals surface area contributed by atoms with E-state index in [9.17, 15) is 9.59 Å². The Hall–Kier alpha value is -2.86. The molecule has 0 radical (unpaired) electrons. The number of methoxy groups -OCH3 is 1. The fourth-order valence-corrected chi connectivity index (χ4v) is 3.43. The van der Waals surface area contributed by atoms with Gasteiger partial charge in [-0.2, -0.15) is 0 Å². The minimum absolute atomic E-state index is 0.0385. The molecule has 148 valence electrons. The molecule has 0 aliphatic carbocycles. The summed E-state index contributed by atoms with van der Waals surface area (Å²) in [7, 11) is 1.58. The van der Waals surface area contributed by atoms with Gasteiger partial charge in [0.2, 0.25) is 0 Å². The van der Waals surface area contributed by atoms with E-state index in [1.165, 1.54) is 5.56 Å². The number of carbonyl (C=O) groups is 2.